The van der Waals surface area contributed by atoms with Crippen molar-refractivity contribution in [3.63, 3.8) is 0 Å². The van der Waals surface area contributed by atoms with Crippen LogP contribution in [0.3, 0.4) is 0 Å². The molecule has 5 nitrogen and oxygen atoms in total. The Morgan fingerprint density at radius 2 is 1.62 bits per heavy atom. The number of nitrogens with one attached hydrogen (secondary N) is 1. The number of amides is 2. The number of methoxy groups -OCH3 is 1. The van der Waals surface area contributed by atoms with Crippen LogP contribution in [0.2, 0.25) is 0 Å². The third-order valence-corrected chi connectivity index (χ3v) is 4.95. The van der Waals surface area contributed by atoms with E-state index < -0.39 is 6.04 Å². The van der Waals surface area contributed by atoms with Gasteiger partial charge in [-0.05, 0) is 55.7 Å². The quantitative estimate of drug-likeness (QED) is 0.698. The Bertz CT molecular complexity index is 806. The summed E-state index contributed by atoms with van der Waals surface area (Å²) in [7, 11) is 1.59. The largest absolute Gasteiger partial charge is 0.497 e. The molecule has 0 aliphatic rings. The van der Waals surface area contributed by atoms with E-state index >= 15 is 0 Å². The fraction of sp³-hybridized carbons (Fsp3) is 0.391. The van der Waals surface area contributed by atoms with Gasteiger partial charge in [0.1, 0.15) is 17.6 Å². The summed E-state index contributed by atoms with van der Waals surface area (Å²) in [6.07, 6.45) is 0.901. The van der Waals surface area contributed by atoms with Gasteiger partial charge in [0.05, 0.1) is 13.5 Å². The first-order valence-corrected chi connectivity index (χ1v) is 9.81. The molecule has 2 rings (SSSR count). The lowest BCUT2D eigenvalue weighted by Crippen LogP contribution is -2.49. The molecule has 2 atom stereocenters. The number of halogens is 1. The van der Waals surface area contributed by atoms with Crippen LogP contribution in [-0.2, 0) is 22.6 Å². The Hall–Kier alpha value is -2.89. The first kappa shape index (κ1) is 22.4. The smallest absolute Gasteiger partial charge is 0.242 e. The molecule has 0 saturated carbocycles. The summed E-state index contributed by atoms with van der Waals surface area (Å²) in [5.74, 6) is -0.0161. The van der Waals surface area contributed by atoms with Crippen molar-refractivity contribution in [1.29, 1.82) is 0 Å². The molecular formula is C23H29FN2O3. The molecule has 0 aliphatic heterocycles. The Morgan fingerprint density at radius 1 is 1.03 bits per heavy atom. The van der Waals surface area contributed by atoms with Crippen molar-refractivity contribution in [2.24, 2.45) is 0 Å². The molecule has 2 amide bonds. The second-order valence-corrected chi connectivity index (χ2v) is 7.17. The standard InChI is InChI=1S/C23H29FN2O3/c1-5-16(2)25-23(28)17(3)26(15-19-8-12-21(29-4)13-9-19)22(27)14-18-6-10-20(24)11-7-18/h6-13,16-17H,5,14-15H2,1-4H3,(H,25,28). The Labute approximate surface area is 171 Å². The van der Waals surface area contributed by atoms with Gasteiger partial charge in [0.15, 0.2) is 0 Å². The van der Waals surface area contributed by atoms with Crippen LogP contribution in [0.1, 0.15) is 38.3 Å². The first-order chi connectivity index (χ1) is 13.8. The Morgan fingerprint density at radius 3 is 2.17 bits per heavy atom. The second kappa shape index (κ2) is 10.6. The fourth-order valence-corrected chi connectivity index (χ4v) is 2.85. The molecule has 0 saturated heterocycles. The number of carbonyl (C=O) groups is 2. The fourth-order valence-electron chi connectivity index (χ4n) is 2.85. The molecule has 156 valence electrons. The van der Waals surface area contributed by atoms with Crippen LogP contribution in [0.5, 0.6) is 5.75 Å². The molecule has 0 spiro atoms. The molecule has 0 bridgehead atoms. The van der Waals surface area contributed by atoms with Crippen LogP contribution in [-0.4, -0.2) is 35.9 Å². The SMILES string of the molecule is CCC(C)NC(=O)C(C)N(Cc1ccc(OC)cc1)C(=O)Cc1ccc(F)cc1. The van der Waals surface area contributed by atoms with Gasteiger partial charge in [0, 0.05) is 12.6 Å². The predicted molar refractivity (Wildman–Crippen MR) is 111 cm³/mol. The molecule has 2 unspecified atom stereocenters. The van der Waals surface area contributed by atoms with Crippen LogP contribution in [0.25, 0.3) is 0 Å². The van der Waals surface area contributed by atoms with Crippen LogP contribution >= 0.6 is 0 Å². The highest BCUT2D eigenvalue weighted by atomic mass is 19.1. The normalized spacial score (nSPS) is 12.7. The highest BCUT2D eigenvalue weighted by molar-refractivity contribution is 5.88. The van der Waals surface area contributed by atoms with E-state index in [1.54, 1.807) is 31.1 Å². The molecule has 29 heavy (non-hydrogen) atoms. The van der Waals surface area contributed by atoms with Gasteiger partial charge in [0.25, 0.3) is 0 Å². The molecule has 0 aromatic heterocycles. The van der Waals surface area contributed by atoms with Gasteiger partial charge in [-0.2, -0.15) is 0 Å². The highest BCUT2D eigenvalue weighted by Crippen LogP contribution is 2.16. The van der Waals surface area contributed by atoms with Gasteiger partial charge in [-0.1, -0.05) is 31.2 Å². The number of hydrogen-bond acceptors (Lipinski definition) is 3. The summed E-state index contributed by atoms with van der Waals surface area (Å²) in [5, 5.41) is 2.94. The van der Waals surface area contributed by atoms with Gasteiger partial charge >= 0.3 is 0 Å². The second-order valence-electron chi connectivity index (χ2n) is 7.17. The molecular weight excluding hydrogens is 371 g/mol. The molecule has 2 aromatic rings. The minimum Gasteiger partial charge on any atom is -0.497 e. The van der Waals surface area contributed by atoms with Crippen molar-refractivity contribution in [2.45, 2.75) is 52.2 Å². The molecule has 0 fully saturated rings. The zero-order valence-electron chi connectivity index (χ0n) is 17.4. The van der Waals surface area contributed by atoms with E-state index in [-0.39, 0.29) is 30.1 Å². The number of carbonyl (C=O) groups excluding carboxylic acids is 2. The van der Waals surface area contributed by atoms with E-state index in [9.17, 15) is 14.0 Å². The zero-order valence-corrected chi connectivity index (χ0v) is 17.4. The van der Waals surface area contributed by atoms with E-state index in [0.29, 0.717) is 12.1 Å². The van der Waals surface area contributed by atoms with Crippen molar-refractivity contribution < 1.29 is 18.7 Å². The third kappa shape index (κ3) is 6.59. The van der Waals surface area contributed by atoms with Crippen LogP contribution < -0.4 is 10.1 Å². The summed E-state index contributed by atoms with van der Waals surface area (Å²) in [5.41, 5.74) is 1.59. The van der Waals surface area contributed by atoms with E-state index in [2.05, 4.69) is 5.32 Å². The minimum atomic E-state index is -0.640. The lowest BCUT2D eigenvalue weighted by molar-refractivity contribution is -0.140. The molecule has 0 heterocycles. The van der Waals surface area contributed by atoms with Gasteiger partial charge in [-0.25, -0.2) is 4.39 Å². The Balaban J connectivity index is 2.21. The van der Waals surface area contributed by atoms with Crippen LogP contribution in [0.4, 0.5) is 4.39 Å². The Kier molecular flexibility index (Phi) is 8.19. The van der Waals surface area contributed by atoms with Gasteiger partial charge in [0.2, 0.25) is 11.8 Å². The maximum absolute atomic E-state index is 13.2. The van der Waals surface area contributed by atoms with Crippen molar-refractivity contribution in [1.82, 2.24) is 10.2 Å². The maximum Gasteiger partial charge on any atom is 0.242 e. The van der Waals surface area contributed by atoms with Crippen LogP contribution in [0, 0.1) is 5.82 Å². The van der Waals surface area contributed by atoms with Crippen molar-refractivity contribution in [3.05, 3.63) is 65.5 Å². The zero-order chi connectivity index (χ0) is 21.4. The lowest BCUT2D eigenvalue weighted by atomic mass is 10.1. The molecule has 0 aliphatic carbocycles. The summed E-state index contributed by atoms with van der Waals surface area (Å²) in [4.78, 5) is 27.3. The summed E-state index contributed by atoms with van der Waals surface area (Å²) < 4.78 is 18.3. The topological polar surface area (TPSA) is 58.6 Å². The first-order valence-electron chi connectivity index (χ1n) is 9.81. The number of rotatable bonds is 9. The highest BCUT2D eigenvalue weighted by Gasteiger charge is 2.26. The van der Waals surface area contributed by atoms with E-state index in [0.717, 1.165) is 17.7 Å². The number of ether oxygens (including phenoxy) is 1. The summed E-state index contributed by atoms with van der Waals surface area (Å²) >= 11 is 0. The summed E-state index contributed by atoms with van der Waals surface area (Å²) in [6, 6.07) is 12.6. The monoisotopic (exact) mass is 400 g/mol. The van der Waals surface area contributed by atoms with Gasteiger partial charge in [-0.15, -0.1) is 0 Å². The number of nitrogens with zero attached hydrogens (tertiary/aromatic N) is 1. The van der Waals surface area contributed by atoms with E-state index in [4.69, 9.17) is 4.74 Å². The van der Waals surface area contributed by atoms with Crippen molar-refractivity contribution in [2.75, 3.05) is 7.11 Å². The molecule has 2 aromatic carbocycles. The average molecular weight is 400 g/mol. The summed E-state index contributed by atoms with van der Waals surface area (Å²) in [6.45, 7) is 5.94. The van der Waals surface area contributed by atoms with Gasteiger partial charge in [-0.3, -0.25) is 9.59 Å². The molecule has 6 heteroatoms. The molecule has 1 N–H and O–H groups in total. The van der Waals surface area contributed by atoms with Crippen LogP contribution in [0.15, 0.2) is 48.5 Å². The van der Waals surface area contributed by atoms with E-state index in [1.807, 2.05) is 38.1 Å². The molecule has 0 radical (unpaired) electrons. The van der Waals surface area contributed by atoms with Crippen molar-refractivity contribution >= 4 is 11.8 Å². The predicted octanol–water partition coefficient (Wildman–Crippen LogP) is 3.71. The maximum atomic E-state index is 13.2. The number of hydrogen-bond donors (Lipinski definition) is 1. The third-order valence-electron chi connectivity index (χ3n) is 4.95. The van der Waals surface area contributed by atoms with Crippen molar-refractivity contribution in [3.8, 4) is 5.75 Å². The minimum absolute atomic E-state index is 0.0278. The number of benzene rings is 2. The average Bonchev–Trinajstić information content (AvgIpc) is 2.73. The lowest BCUT2D eigenvalue weighted by Gasteiger charge is -2.30. The van der Waals surface area contributed by atoms with Gasteiger partial charge < -0.3 is 15.0 Å². The van der Waals surface area contributed by atoms with E-state index in [1.165, 1.54) is 12.1 Å².